The van der Waals surface area contributed by atoms with E-state index in [0.717, 1.165) is 12.0 Å². The van der Waals surface area contributed by atoms with Gasteiger partial charge in [0.15, 0.2) is 0 Å². The predicted octanol–water partition coefficient (Wildman–Crippen LogP) is 3.41. The summed E-state index contributed by atoms with van der Waals surface area (Å²) in [5.41, 5.74) is 1.09. The number of aliphatic hydroxyl groups excluding tert-OH is 1. The molecular formula is C12H17Cl2NO. The summed E-state index contributed by atoms with van der Waals surface area (Å²) in [4.78, 5) is 0. The second kappa shape index (κ2) is 6.45. The lowest BCUT2D eigenvalue weighted by Crippen LogP contribution is -2.28. The molecule has 0 bridgehead atoms. The van der Waals surface area contributed by atoms with E-state index in [1.165, 1.54) is 0 Å². The van der Waals surface area contributed by atoms with E-state index in [0.29, 0.717) is 16.6 Å². The van der Waals surface area contributed by atoms with Crippen LogP contribution in [-0.4, -0.2) is 17.8 Å². The Morgan fingerprint density at radius 2 is 2.00 bits per heavy atom. The lowest BCUT2D eigenvalue weighted by atomic mass is 10.0. The van der Waals surface area contributed by atoms with E-state index < -0.39 is 0 Å². The summed E-state index contributed by atoms with van der Waals surface area (Å²) in [5, 5.41) is 13.6. The Balaban J connectivity index is 2.74. The Bertz CT molecular complexity index is 342. The minimum atomic E-state index is -0.350. The molecule has 0 radical (unpaired) electrons. The van der Waals surface area contributed by atoms with Gasteiger partial charge in [-0.3, -0.25) is 0 Å². The second-order valence-electron chi connectivity index (χ2n) is 3.89. The molecule has 1 rings (SSSR count). The first-order valence-corrected chi connectivity index (χ1v) is 6.16. The molecule has 2 nitrogen and oxygen atoms in total. The van der Waals surface area contributed by atoms with Crippen LogP contribution < -0.4 is 5.32 Å². The van der Waals surface area contributed by atoms with Gasteiger partial charge in [-0.1, -0.05) is 36.2 Å². The molecule has 90 valence electrons. The van der Waals surface area contributed by atoms with Gasteiger partial charge in [-0.2, -0.15) is 0 Å². The summed E-state index contributed by atoms with van der Waals surface area (Å²) < 4.78 is 0. The van der Waals surface area contributed by atoms with E-state index in [1.807, 2.05) is 12.1 Å². The van der Waals surface area contributed by atoms with Crippen LogP contribution in [0.1, 0.15) is 31.9 Å². The zero-order valence-electron chi connectivity index (χ0n) is 9.50. The fourth-order valence-electron chi connectivity index (χ4n) is 1.54. The molecule has 1 aromatic rings. The Hall–Kier alpha value is -0.280. The highest BCUT2D eigenvalue weighted by Crippen LogP contribution is 2.26. The number of rotatable bonds is 5. The monoisotopic (exact) mass is 261 g/mol. The predicted molar refractivity (Wildman–Crippen MR) is 69.2 cm³/mol. The number of aliphatic hydroxyl groups is 1. The zero-order chi connectivity index (χ0) is 12.1. The third-order valence-corrected chi connectivity index (χ3v) is 3.15. The molecule has 0 aliphatic heterocycles. The first kappa shape index (κ1) is 13.8. The van der Waals surface area contributed by atoms with E-state index >= 15 is 0 Å². The van der Waals surface area contributed by atoms with Crippen molar-refractivity contribution in [3.63, 3.8) is 0 Å². The van der Waals surface area contributed by atoms with E-state index in [9.17, 15) is 5.11 Å². The Kier molecular flexibility index (Phi) is 5.56. The Morgan fingerprint density at radius 1 is 1.31 bits per heavy atom. The molecule has 2 N–H and O–H groups in total. The second-order valence-corrected chi connectivity index (χ2v) is 4.71. The van der Waals surface area contributed by atoms with Crippen molar-refractivity contribution in [2.24, 2.45) is 0 Å². The van der Waals surface area contributed by atoms with Crippen LogP contribution in [0.5, 0.6) is 0 Å². The number of halogens is 2. The van der Waals surface area contributed by atoms with Crippen molar-refractivity contribution in [1.82, 2.24) is 5.32 Å². The van der Waals surface area contributed by atoms with E-state index in [-0.39, 0.29) is 12.1 Å². The topological polar surface area (TPSA) is 32.3 Å². The third kappa shape index (κ3) is 3.95. The lowest BCUT2D eigenvalue weighted by molar-refractivity contribution is 0.185. The van der Waals surface area contributed by atoms with Crippen molar-refractivity contribution in [1.29, 1.82) is 0 Å². The quantitative estimate of drug-likeness (QED) is 0.852. The van der Waals surface area contributed by atoms with Crippen LogP contribution in [0.15, 0.2) is 18.2 Å². The van der Waals surface area contributed by atoms with Gasteiger partial charge in [0.2, 0.25) is 0 Å². The van der Waals surface area contributed by atoms with Crippen LogP contribution >= 0.6 is 23.2 Å². The van der Waals surface area contributed by atoms with E-state index in [4.69, 9.17) is 23.2 Å². The fraction of sp³-hybridized carbons (Fsp3) is 0.500. The van der Waals surface area contributed by atoms with Crippen molar-refractivity contribution in [3.8, 4) is 0 Å². The highest BCUT2D eigenvalue weighted by molar-refractivity contribution is 6.42. The summed E-state index contributed by atoms with van der Waals surface area (Å²) in [6.45, 7) is 4.41. The molecule has 1 unspecified atom stereocenters. The van der Waals surface area contributed by atoms with Crippen molar-refractivity contribution < 1.29 is 5.11 Å². The van der Waals surface area contributed by atoms with E-state index in [1.54, 1.807) is 13.0 Å². The molecule has 0 saturated carbocycles. The van der Waals surface area contributed by atoms with Crippen LogP contribution in [0.3, 0.4) is 0 Å². The molecule has 2 atom stereocenters. The van der Waals surface area contributed by atoms with Gasteiger partial charge < -0.3 is 10.4 Å². The number of hydrogen-bond acceptors (Lipinski definition) is 2. The van der Waals surface area contributed by atoms with Crippen LogP contribution in [0, 0.1) is 0 Å². The molecule has 0 aromatic heterocycles. The largest absolute Gasteiger partial charge is 0.392 e. The summed E-state index contributed by atoms with van der Waals surface area (Å²) in [6, 6.07) is 5.82. The molecule has 0 heterocycles. The molecule has 0 fully saturated rings. The first-order chi connectivity index (χ1) is 7.54. The highest BCUT2D eigenvalue weighted by Gasteiger charge is 2.11. The fourth-order valence-corrected chi connectivity index (χ4v) is 1.85. The minimum absolute atomic E-state index is 0.198. The van der Waals surface area contributed by atoms with Crippen LogP contribution in [0.25, 0.3) is 0 Å². The normalized spacial score (nSPS) is 14.8. The Morgan fingerprint density at radius 3 is 2.50 bits per heavy atom. The molecular weight excluding hydrogens is 245 g/mol. The van der Waals surface area contributed by atoms with Gasteiger partial charge in [0.25, 0.3) is 0 Å². The minimum Gasteiger partial charge on any atom is -0.392 e. The maximum atomic E-state index is 9.23. The van der Waals surface area contributed by atoms with Gasteiger partial charge in [0.05, 0.1) is 16.1 Å². The maximum absolute atomic E-state index is 9.23. The van der Waals surface area contributed by atoms with Gasteiger partial charge >= 0.3 is 0 Å². The molecule has 0 aliphatic rings. The maximum Gasteiger partial charge on any atom is 0.0636 e. The molecule has 0 saturated heterocycles. The number of hydrogen-bond donors (Lipinski definition) is 2. The summed E-state index contributed by atoms with van der Waals surface area (Å²) in [5.74, 6) is 0. The summed E-state index contributed by atoms with van der Waals surface area (Å²) >= 11 is 11.8. The van der Waals surface area contributed by atoms with Gasteiger partial charge in [-0.25, -0.2) is 0 Å². The molecule has 4 heteroatoms. The summed E-state index contributed by atoms with van der Waals surface area (Å²) in [6.07, 6.45) is 0.585. The highest BCUT2D eigenvalue weighted by atomic mass is 35.5. The van der Waals surface area contributed by atoms with Gasteiger partial charge in [-0.15, -0.1) is 0 Å². The van der Waals surface area contributed by atoms with Gasteiger partial charge in [0, 0.05) is 12.6 Å². The smallest absolute Gasteiger partial charge is 0.0636 e. The van der Waals surface area contributed by atoms with Crippen molar-refractivity contribution in [2.75, 3.05) is 6.54 Å². The lowest BCUT2D eigenvalue weighted by Gasteiger charge is -2.19. The number of nitrogens with one attached hydrogen (secondary N) is 1. The zero-order valence-corrected chi connectivity index (χ0v) is 11.0. The summed E-state index contributed by atoms with van der Waals surface area (Å²) in [7, 11) is 0. The van der Waals surface area contributed by atoms with Gasteiger partial charge in [-0.05, 0) is 31.0 Å². The SMILES string of the molecule is CCC(NC[C@H](C)O)c1ccc(Cl)c(Cl)c1. The van der Waals surface area contributed by atoms with E-state index in [2.05, 4.69) is 12.2 Å². The van der Waals surface area contributed by atoms with Crippen molar-refractivity contribution >= 4 is 23.2 Å². The van der Waals surface area contributed by atoms with Crippen LogP contribution in [0.4, 0.5) is 0 Å². The Labute approximate surface area is 107 Å². The molecule has 0 spiro atoms. The van der Waals surface area contributed by atoms with Crippen molar-refractivity contribution in [3.05, 3.63) is 33.8 Å². The number of benzene rings is 1. The molecule has 1 aromatic carbocycles. The average Bonchev–Trinajstić information content (AvgIpc) is 2.23. The van der Waals surface area contributed by atoms with Crippen LogP contribution in [-0.2, 0) is 0 Å². The molecule has 0 aliphatic carbocycles. The van der Waals surface area contributed by atoms with Crippen molar-refractivity contribution in [2.45, 2.75) is 32.4 Å². The molecule has 0 amide bonds. The van der Waals surface area contributed by atoms with Crippen LogP contribution in [0.2, 0.25) is 10.0 Å². The van der Waals surface area contributed by atoms with Gasteiger partial charge in [0.1, 0.15) is 0 Å². The molecule has 16 heavy (non-hydrogen) atoms. The standard InChI is InChI=1S/C12H17Cl2NO/c1-3-12(15-7-8(2)16)9-4-5-10(13)11(14)6-9/h4-6,8,12,15-16H,3,7H2,1-2H3/t8-,12?/m0/s1. The third-order valence-electron chi connectivity index (χ3n) is 2.41. The average molecular weight is 262 g/mol. The first-order valence-electron chi connectivity index (χ1n) is 5.41.